The third-order valence-electron chi connectivity index (χ3n) is 0.640. The normalized spacial score (nSPS) is 15.8. The van der Waals surface area contributed by atoms with Gasteiger partial charge < -0.3 is 4.84 Å². The van der Waals surface area contributed by atoms with Gasteiger partial charge in [-0.05, 0) is 6.08 Å². The van der Waals surface area contributed by atoms with Crippen LogP contribution in [0.1, 0.15) is 6.42 Å². The van der Waals surface area contributed by atoms with Crippen molar-refractivity contribution < 1.29 is 9.63 Å². The SMILES string of the molecule is O=C1CC=CON1.[K]. The zero-order valence-electron chi connectivity index (χ0n) is 4.68. The smallest absolute Gasteiger partial charge is 0.256 e. The van der Waals surface area contributed by atoms with Crippen molar-refractivity contribution in [3.8, 4) is 0 Å². The van der Waals surface area contributed by atoms with Gasteiger partial charge >= 0.3 is 0 Å². The van der Waals surface area contributed by atoms with Gasteiger partial charge in [-0.3, -0.25) is 4.79 Å². The van der Waals surface area contributed by atoms with Crippen molar-refractivity contribution in [3.05, 3.63) is 12.3 Å². The van der Waals surface area contributed by atoms with Crippen molar-refractivity contribution in [1.82, 2.24) is 5.48 Å². The number of rotatable bonds is 0. The molecule has 0 saturated heterocycles. The molecule has 1 heterocycles. The molecule has 0 aromatic heterocycles. The average Bonchev–Trinajstić information content (AvgIpc) is 1.69. The Morgan fingerprint density at radius 3 is 2.75 bits per heavy atom. The minimum Gasteiger partial charge on any atom is -0.388 e. The maximum Gasteiger partial charge on any atom is 0.256 e. The molecule has 0 aliphatic carbocycles. The second-order valence-electron chi connectivity index (χ2n) is 1.22. The molecule has 1 N–H and O–H groups in total. The van der Waals surface area contributed by atoms with Gasteiger partial charge in [-0.1, -0.05) is 0 Å². The molecule has 3 nitrogen and oxygen atoms in total. The molecule has 0 aromatic carbocycles. The summed E-state index contributed by atoms with van der Waals surface area (Å²) in [7, 11) is 0. The van der Waals surface area contributed by atoms with Crippen LogP contribution in [-0.2, 0) is 9.63 Å². The van der Waals surface area contributed by atoms with Gasteiger partial charge in [0.25, 0.3) is 5.91 Å². The van der Waals surface area contributed by atoms with Gasteiger partial charge in [0.1, 0.15) is 6.26 Å². The maximum absolute atomic E-state index is 10.2. The van der Waals surface area contributed by atoms with Crippen molar-refractivity contribution in [2.45, 2.75) is 6.42 Å². The van der Waals surface area contributed by atoms with Crippen LogP contribution in [-0.4, -0.2) is 57.3 Å². The molecule has 1 aliphatic rings. The Hall–Kier alpha value is 0.646. The maximum atomic E-state index is 10.2. The molecular weight excluding hydrogens is 133 g/mol. The van der Waals surface area contributed by atoms with Crippen LogP contribution in [0.5, 0.6) is 0 Å². The predicted molar refractivity (Wildman–Crippen MR) is 28.7 cm³/mol. The van der Waals surface area contributed by atoms with E-state index in [-0.39, 0.29) is 57.3 Å². The largest absolute Gasteiger partial charge is 0.388 e. The summed E-state index contributed by atoms with van der Waals surface area (Å²) in [5.74, 6) is -0.0949. The molecule has 0 saturated carbocycles. The fraction of sp³-hybridized carbons (Fsp3) is 0.250. The third-order valence-corrected chi connectivity index (χ3v) is 0.640. The molecule has 0 aromatic rings. The number of carbonyl (C=O) groups excluding carboxylic acids is 1. The zero-order valence-corrected chi connectivity index (χ0v) is 7.80. The van der Waals surface area contributed by atoms with E-state index >= 15 is 0 Å². The summed E-state index contributed by atoms with van der Waals surface area (Å²) in [5, 5.41) is 0. The molecule has 0 unspecified atom stereocenters. The quantitative estimate of drug-likeness (QED) is 0.461. The molecule has 0 fully saturated rings. The summed E-state index contributed by atoms with van der Waals surface area (Å²) in [5.41, 5.74) is 2.16. The van der Waals surface area contributed by atoms with E-state index in [0.29, 0.717) is 6.42 Å². The van der Waals surface area contributed by atoms with Crippen molar-refractivity contribution in [1.29, 1.82) is 0 Å². The van der Waals surface area contributed by atoms with E-state index in [9.17, 15) is 4.79 Å². The Balaban J connectivity index is 0.000000490. The van der Waals surface area contributed by atoms with Crippen LogP contribution in [0.25, 0.3) is 0 Å². The van der Waals surface area contributed by atoms with Gasteiger partial charge in [-0.25, -0.2) is 0 Å². The van der Waals surface area contributed by atoms with E-state index < -0.39 is 0 Å². The minimum atomic E-state index is -0.0949. The molecule has 39 valence electrons. The topological polar surface area (TPSA) is 38.3 Å². The Morgan fingerprint density at radius 1 is 1.75 bits per heavy atom. The van der Waals surface area contributed by atoms with Crippen molar-refractivity contribution in [2.24, 2.45) is 0 Å². The first kappa shape index (κ1) is 8.65. The van der Waals surface area contributed by atoms with E-state index in [1.165, 1.54) is 6.26 Å². The summed E-state index contributed by atoms with van der Waals surface area (Å²) in [6.07, 6.45) is 3.53. The molecule has 1 aliphatic heterocycles. The van der Waals surface area contributed by atoms with Gasteiger partial charge in [-0.2, -0.15) is 5.48 Å². The summed E-state index contributed by atoms with van der Waals surface area (Å²) in [6, 6.07) is 0. The van der Waals surface area contributed by atoms with Gasteiger partial charge in [0.05, 0.1) is 6.42 Å². The Kier molecular flexibility index (Phi) is 4.88. The molecule has 0 bridgehead atoms. The number of amides is 1. The van der Waals surface area contributed by atoms with Crippen molar-refractivity contribution >= 4 is 57.3 Å². The van der Waals surface area contributed by atoms with Crippen LogP contribution in [0.15, 0.2) is 12.3 Å². The van der Waals surface area contributed by atoms with Gasteiger partial charge in [-0.15, -0.1) is 0 Å². The van der Waals surface area contributed by atoms with Crippen LogP contribution in [0.4, 0.5) is 0 Å². The number of hydrogen-bond donors (Lipinski definition) is 1. The number of nitrogens with one attached hydrogen (secondary N) is 1. The van der Waals surface area contributed by atoms with Crippen LogP contribution in [0.2, 0.25) is 0 Å². The molecule has 1 rings (SSSR count). The Labute approximate surface area is 89.8 Å². The van der Waals surface area contributed by atoms with E-state index in [4.69, 9.17) is 0 Å². The van der Waals surface area contributed by atoms with E-state index in [1.807, 2.05) is 0 Å². The van der Waals surface area contributed by atoms with Crippen LogP contribution < -0.4 is 5.48 Å². The fourth-order valence-electron chi connectivity index (χ4n) is 0.345. The van der Waals surface area contributed by atoms with Crippen molar-refractivity contribution in [2.75, 3.05) is 0 Å². The fourth-order valence-corrected chi connectivity index (χ4v) is 0.345. The molecule has 8 heavy (non-hydrogen) atoms. The van der Waals surface area contributed by atoms with Gasteiger partial charge in [0, 0.05) is 51.4 Å². The first-order chi connectivity index (χ1) is 3.39. The van der Waals surface area contributed by atoms with Crippen molar-refractivity contribution in [3.63, 3.8) is 0 Å². The average molecular weight is 138 g/mol. The van der Waals surface area contributed by atoms with E-state index in [2.05, 4.69) is 10.3 Å². The Morgan fingerprint density at radius 2 is 2.50 bits per heavy atom. The van der Waals surface area contributed by atoms with Crippen LogP contribution >= 0.6 is 0 Å². The van der Waals surface area contributed by atoms with Gasteiger partial charge in [0.15, 0.2) is 0 Å². The first-order valence-electron chi connectivity index (χ1n) is 1.99. The standard InChI is InChI=1S/C4H5NO2.K/c6-4-2-1-3-7-5-4;/h1,3H,2H2,(H,5,6);. The summed E-state index contributed by atoms with van der Waals surface area (Å²) >= 11 is 0. The number of hydrogen-bond acceptors (Lipinski definition) is 2. The number of carbonyl (C=O) groups is 1. The van der Waals surface area contributed by atoms with E-state index in [0.717, 1.165) is 0 Å². The molecular formula is C4H5KNO2. The molecule has 4 heteroatoms. The summed E-state index contributed by atoms with van der Waals surface area (Å²) in [4.78, 5) is 14.6. The predicted octanol–water partition coefficient (Wildman–Crippen LogP) is -0.429. The molecule has 0 atom stereocenters. The molecule has 0 spiro atoms. The number of hydroxylamine groups is 1. The second-order valence-corrected chi connectivity index (χ2v) is 1.22. The minimum absolute atomic E-state index is 0. The first-order valence-corrected chi connectivity index (χ1v) is 1.99. The van der Waals surface area contributed by atoms with Crippen LogP contribution in [0, 0.1) is 0 Å². The molecule has 1 amide bonds. The molecule has 1 radical (unpaired) electrons. The van der Waals surface area contributed by atoms with E-state index in [1.54, 1.807) is 6.08 Å². The third kappa shape index (κ3) is 2.83. The van der Waals surface area contributed by atoms with Crippen LogP contribution in [0.3, 0.4) is 0 Å². The monoisotopic (exact) mass is 138 g/mol. The summed E-state index contributed by atoms with van der Waals surface area (Å²) in [6.45, 7) is 0. The summed E-state index contributed by atoms with van der Waals surface area (Å²) < 4.78 is 0. The second kappa shape index (κ2) is 4.52. The zero-order chi connectivity index (χ0) is 5.11. The Bertz CT molecular complexity index is 113. The van der Waals surface area contributed by atoms with Gasteiger partial charge in [0.2, 0.25) is 0 Å².